The summed E-state index contributed by atoms with van der Waals surface area (Å²) in [6.07, 6.45) is 0. The molecule has 0 N–H and O–H groups in total. The lowest BCUT2D eigenvalue weighted by Gasteiger charge is -2.34. The van der Waals surface area contributed by atoms with Crippen molar-refractivity contribution in [1.29, 1.82) is 0 Å². The minimum atomic E-state index is 0.0921. The van der Waals surface area contributed by atoms with E-state index in [9.17, 15) is 4.79 Å². The Bertz CT molecular complexity index is 410. The second-order valence-corrected chi connectivity index (χ2v) is 4.43. The number of carbonyl (C=O) groups is 1. The van der Waals surface area contributed by atoms with Crippen LogP contribution in [0.25, 0.3) is 0 Å². The summed E-state index contributed by atoms with van der Waals surface area (Å²) in [5.74, 6) is 0.0921. The van der Waals surface area contributed by atoms with Crippen molar-refractivity contribution in [2.75, 3.05) is 20.3 Å². The zero-order valence-electron chi connectivity index (χ0n) is 9.99. The van der Waals surface area contributed by atoms with Crippen molar-refractivity contribution in [1.82, 2.24) is 4.90 Å². The highest BCUT2D eigenvalue weighted by molar-refractivity contribution is 5.95. The Kier molecular flexibility index (Phi) is 2.97. The zero-order chi connectivity index (χ0) is 11.7. The van der Waals surface area contributed by atoms with Gasteiger partial charge < -0.3 is 9.64 Å². The van der Waals surface area contributed by atoms with Crippen LogP contribution in [0, 0.1) is 13.8 Å². The van der Waals surface area contributed by atoms with E-state index in [-0.39, 0.29) is 11.9 Å². The van der Waals surface area contributed by atoms with Gasteiger partial charge in [-0.1, -0.05) is 17.7 Å². The van der Waals surface area contributed by atoms with Gasteiger partial charge in [-0.15, -0.1) is 0 Å². The summed E-state index contributed by atoms with van der Waals surface area (Å²) < 4.78 is 5.10. The molecule has 3 nitrogen and oxygen atoms in total. The molecule has 1 aromatic rings. The largest absolute Gasteiger partial charge is 0.377 e. The molecule has 1 aliphatic heterocycles. The zero-order valence-corrected chi connectivity index (χ0v) is 9.99. The first-order valence-corrected chi connectivity index (χ1v) is 5.52. The lowest BCUT2D eigenvalue weighted by Crippen LogP contribution is -2.49. The molecule has 0 bridgehead atoms. The number of nitrogens with zero attached hydrogens (tertiary/aromatic N) is 1. The summed E-state index contributed by atoms with van der Waals surface area (Å²) in [6.45, 7) is 5.29. The van der Waals surface area contributed by atoms with Crippen LogP contribution in [0.4, 0.5) is 0 Å². The maximum Gasteiger partial charge on any atom is 0.254 e. The molecule has 0 spiro atoms. The summed E-state index contributed by atoms with van der Waals surface area (Å²) in [5.41, 5.74) is 2.95. The van der Waals surface area contributed by atoms with Gasteiger partial charge in [-0.2, -0.15) is 0 Å². The average Bonchev–Trinajstić information content (AvgIpc) is 2.18. The standard InChI is InChI=1S/C13H17NO2/c1-9-4-5-10(2)12(6-9)13(15)14(3)11-7-16-8-11/h4-6,11H,7-8H2,1-3H3. The lowest BCUT2D eigenvalue weighted by molar-refractivity contribution is -0.0468. The van der Waals surface area contributed by atoms with E-state index >= 15 is 0 Å². The first-order valence-electron chi connectivity index (χ1n) is 5.52. The van der Waals surface area contributed by atoms with Crippen LogP contribution in [0.1, 0.15) is 21.5 Å². The first kappa shape index (κ1) is 11.1. The maximum absolute atomic E-state index is 12.2. The van der Waals surface area contributed by atoms with E-state index in [1.165, 1.54) is 0 Å². The van der Waals surface area contributed by atoms with Gasteiger partial charge in [0.2, 0.25) is 0 Å². The number of rotatable bonds is 2. The van der Waals surface area contributed by atoms with Crippen molar-refractivity contribution in [2.24, 2.45) is 0 Å². The van der Waals surface area contributed by atoms with Crippen LogP contribution < -0.4 is 0 Å². The van der Waals surface area contributed by atoms with E-state index < -0.39 is 0 Å². The number of aryl methyl sites for hydroxylation is 2. The summed E-state index contributed by atoms with van der Waals surface area (Å²) in [7, 11) is 1.84. The van der Waals surface area contributed by atoms with Crippen molar-refractivity contribution < 1.29 is 9.53 Å². The SMILES string of the molecule is Cc1ccc(C)c(C(=O)N(C)C2COC2)c1. The Balaban J connectivity index is 2.22. The lowest BCUT2D eigenvalue weighted by atomic mass is 10.0. The van der Waals surface area contributed by atoms with Gasteiger partial charge in [-0.05, 0) is 25.5 Å². The van der Waals surface area contributed by atoms with E-state index in [1.807, 2.05) is 39.1 Å². The Hall–Kier alpha value is -1.35. The predicted molar refractivity (Wildman–Crippen MR) is 62.6 cm³/mol. The third-order valence-electron chi connectivity index (χ3n) is 3.11. The number of ether oxygens (including phenoxy) is 1. The van der Waals surface area contributed by atoms with Gasteiger partial charge >= 0.3 is 0 Å². The van der Waals surface area contributed by atoms with Crippen molar-refractivity contribution in [2.45, 2.75) is 19.9 Å². The van der Waals surface area contributed by atoms with E-state index in [4.69, 9.17) is 4.74 Å². The molecular weight excluding hydrogens is 202 g/mol. The summed E-state index contributed by atoms with van der Waals surface area (Å²) in [4.78, 5) is 14.0. The van der Waals surface area contributed by atoms with E-state index in [1.54, 1.807) is 4.90 Å². The minimum Gasteiger partial charge on any atom is -0.377 e. The highest BCUT2D eigenvalue weighted by atomic mass is 16.5. The van der Waals surface area contributed by atoms with E-state index in [2.05, 4.69) is 0 Å². The first-order chi connectivity index (χ1) is 7.59. The monoisotopic (exact) mass is 219 g/mol. The average molecular weight is 219 g/mol. The predicted octanol–water partition coefficient (Wildman–Crippen LogP) is 1.77. The number of amides is 1. The van der Waals surface area contributed by atoms with E-state index in [0.29, 0.717) is 13.2 Å². The molecule has 1 aliphatic rings. The molecule has 0 atom stereocenters. The van der Waals surface area contributed by atoms with Crippen LogP contribution in [0.2, 0.25) is 0 Å². The number of carbonyl (C=O) groups excluding carboxylic acids is 1. The molecule has 86 valence electrons. The number of hydrogen-bond donors (Lipinski definition) is 0. The molecule has 1 saturated heterocycles. The van der Waals surface area contributed by atoms with Gasteiger partial charge in [0.1, 0.15) is 0 Å². The van der Waals surface area contributed by atoms with Gasteiger partial charge in [0.05, 0.1) is 19.3 Å². The van der Waals surface area contributed by atoms with Gasteiger partial charge in [-0.25, -0.2) is 0 Å². The fourth-order valence-electron chi connectivity index (χ4n) is 1.77. The smallest absolute Gasteiger partial charge is 0.254 e. The molecule has 1 heterocycles. The number of hydrogen-bond acceptors (Lipinski definition) is 2. The van der Waals surface area contributed by atoms with Gasteiger partial charge in [0.25, 0.3) is 5.91 Å². The molecular formula is C13H17NO2. The molecule has 0 radical (unpaired) electrons. The molecule has 1 aromatic carbocycles. The second kappa shape index (κ2) is 4.26. The Morgan fingerprint density at radius 2 is 2.06 bits per heavy atom. The fourth-order valence-corrected chi connectivity index (χ4v) is 1.77. The third kappa shape index (κ3) is 1.95. The minimum absolute atomic E-state index is 0.0921. The quantitative estimate of drug-likeness (QED) is 0.758. The fraction of sp³-hybridized carbons (Fsp3) is 0.462. The third-order valence-corrected chi connectivity index (χ3v) is 3.11. The van der Waals surface area contributed by atoms with Gasteiger partial charge in [0.15, 0.2) is 0 Å². The van der Waals surface area contributed by atoms with Crippen molar-refractivity contribution in [3.63, 3.8) is 0 Å². The molecule has 0 saturated carbocycles. The van der Waals surface area contributed by atoms with Crippen molar-refractivity contribution in [3.8, 4) is 0 Å². The molecule has 3 heteroatoms. The van der Waals surface area contributed by atoms with Crippen LogP contribution in [-0.2, 0) is 4.74 Å². The summed E-state index contributed by atoms with van der Waals surface area (Å²) in [5, 5.41) is 0. The van der Waals surface area contributed by atoms with Crippen LogP contribution in [-0.4, -0.2) is 37.1 Å². The highest BCUT2D eigenvalue weighted by Gasteiger charge is 2.27. The van der Waals surface area contributed by atoms with Gasteiger partial charge in [0, 0.05) is 12.6 Å². The molecule has 16 heavy (non-hydrogen) atoms. The molecule has 2 rings (SSSR count). The van der Waals surface area contributed by atoms with Crippen LogP contribution in [0.15, 0.2) is 18.2 Å². The van der Waals surface area contributed by atoms with Gasteiger partial charge in [-0.3, -0.25) is 4.79 Å². The molecule has 0 unspecified atom stereocenters. The van der Waals surface area contributed by atoms with Crippen LogP contribution >= 0.6 is 0 Å². The molecule has 1 fully saturated rings. The van der Waals surface area contributed by atoms with Crippen LogP contribution in [0.5, 0.6) is 0 Å². The second-order valence-electron chi connectivity index (χ2n) is 4.43. The van der Waals surface area contributed by atoms with Crippen molar-refractivity contribution >= 4 is 5.91 Å². The summed E-state index contributed by atoms with van der Waals surface area (Å²) >= 11 is 0. The number of likely N-dealkylation sites (N-methyl/N-ethyl adjacent to an activating group) is 1. The Morgan fingerprint density at radius 1 is 1.38 bits per heavy atom. The van der Waals surface area contributed by atoms with Crippen LogP contribution in [0.3, 0.4) is 0 Å². The molecule has 0 aliphatic carbocycles. The molecule has 0 aromatic heterocycles. The highest BCUT2D eigenvalue weighted by Crippen LogP contribution is 2.16. The molecule has 1 amide bonds. The Morgan fingerprint density at radius 3 is 2.62 bits per heavy atom. The van der Waals surface area contributed by atoms with Crippen molar-refractivity contribution in [3.05, 3.63) is 34.9 Å². The normalized spacial score (nSPS) is 15.7. The number of benzene rings is 1. The van der Waals surface area contributed by atoms with E-state index in [0.717, 1.165) is 16.7 Å². The summed E-state index contributed by atoms with van der Waals surface area (Å²) in [6, 6.07) is 6.22. The topological polar surface area (TPSA) is 29.5 Å². The maximum atomic E-state index is 12.2. The Labute approximate surface area is 96.0 Å².